The SMILES string of the molecule is CCNC(=O)[C@H](Cc1ccccc1)N(Cc1ccc(Br)cc1)C(=O)CCN1C(=O)c2ccccc2S1(=O)=O. The van der Waals surface area contributed by atoms with Crippen molar-refractivity contribution >= 4 is 43.7 Å². The van der Waals surface area contributed by atoms with Gasteiger partial charge >= 0.3 is 0 Å². The lowest BCUT2D eigenvalue weighted by Crippen LogP contribution is -2.51. The molecule has 0 saturated carbocycles. The zero-order valence-corrected chi connectivity index (χ0v) is 23.2. The molecule has 0 bridgehead atoms. The number of carbonyl (C=O) groups excluding carboxylic acids is 3. The average Bonchev–Trinajstić information content (AvgIpc) is 3.11. The molecule has 0 fully saturated rings. The van der Waals surface area contributed by atoms with Gasteiger partial charge in [0.2, 0.25) is 11.8 Å². The highest BCUT2D eigenvalue weighted by atomic mass is 79.9. The van der Waals surface area contributed by atoms with Crippen LogP contribution in [0.4, 0.5) is 0 Å². The van der Waals surface area contributed by atoms with Crippen LogP contribution in [0.25, 0.3) is 0 Å². The van der Waals surface area contributed by atoms with Gasteiger partial charge < -0.3 is 10.2 Å². The number of fused-ring (bicyclic) bond motifs is 1. The van der Waals surface area contributed by atoms with Gasteiger partial charge in [0.15, 0.2) is 0 Å². The van der Waals surface area contributed by atoms with E-state index in [1.807, 2.05) is 54.6 Å². The Labute approximate surface area is 230 Å². The van der Waals surface area contributed by atoms with Gasteiger partial charge in [0.1, 0.15) is 10.9 Å². The molecule has 0 radical (unpaired) electrons. The van der Waals surface area contributed by atoms with Gasteiger partial charge in [-0.15, -0.1) is 0 Å². The molecule has 1 atom stereocenters. The Morgan fingerprint density at radius 2 is 1.61 bits per heavy atom. The van der Waals surface area contributed by atoms with Crippen LogP contribution in [-0.4, -0.2) is 54.5 Å². The summed E-state index contributed by atoms with van der Waals surface area (Å²) in [5, 5.41) is 2.82. The zero-order chi connectivity index (χ0) is 27.3. The van der Waals surface area contributed by atoms with Crippen LogP contribution in [0.2, 0.25) is 0 Å². The highest BCUT2D eigenvalue weighted by molar-refractivity contribution is 9.10. The van der Waals surface area contributed by atoms with E-state index in [0.29, 0.717) is 6.54 Å². The summed E-state index contributed by atoms with van der Waals surface area (Å²) in [7, 11) is -4.05. The van der Waals surface area contributed by atoms with Crippen molar-refractivity contribution in [2.24, 2.45) is 0 Å². The lowest BCUT2D eigenvalue weighted by atomic mass is 10.0. The molecule has 0 unspecified atom stereocenters. The van der Waals surface area contributed by atoms with Crippen LogP contribution in [0.5, 0.6) is 0 Å². The molecule has 1 N–H and O–H groups in total. The smallest absolute Gasteiger partial charge is 0.269 e. The maximum Gasteiger partial charge on any atom is 0.269 e. The first-order valence-corrected chi connectivity index (χ1v) is 14.5. The number of nitrogens with zero attached hydrogens (tertiary/aromatic N) is 2. The van der Waals surface area contributed by atoms with Crippen molar-refractivity contribution in [3.63, 3.8) is 0 Å². The number of hydrogen-bond donors (Lipinski definition) is 1. The van der Waals surface area contributed by atoms with E-state index >= 15 is 0 Å². The summed E-state index contributed by atoms with van der Waals surface area (Å²) < 4.78 is 27.6. The minimum Gasteiger partial charge on any atom is -0.355 e. The molecular formula is C28H28BrN3O5S. The molecule has 4 rings (SSSR count). The number of sulfonamides is 1. The zero-order valence-electron chi connectivity index (χ0n) is 20.8. The Morgan fingerprint density at radius 3 is 2.26 bits per heavy atom. The lowest BCUT2D eigenvalue weighted by Gasteiger charge is -2.32. The summed E-state index contributed by atoms with van der Waals surface area (Å²) in [6.07, 6.45) is 0.0154. The number of nitrogens with one attached hydrogen (secondary N) is 1. The third kappa shape index (κ3) is 5.97. The van der Waals surface area contributed by atoms with Crippen molar-refractivity contribution in [3.05, 3.63) is 100 Å². The Morgan fingerprint density at radius 1 is 0.947 bits per heavy atom. The van der Waals surface area contributed by atoms with Gasteiger partial charge in [-0.05, 0) is 42.3 Å². The third-order valence-corrected chi connectivity index (χ3v) is 8.70. The fraction of sp³-hybridized carbons (Fsp3) is 0.250. The second kappa shape index (κ2) is 11.9. The number of halogens is 1. The molecule has 0 saturated heterocycles. The van der Waals surface area contributed by atoms with Crippen molar-refractivity contribution in [2.45, 2.75) is 37.2 Å². The third-order valence-electron chi connectivity index (χ3n) is 6.33. The number of hydrogen-bond acceptors (Lipinski definition) is 5. The standard InChI is InChI=1S/C28H28BrN3O5S/c1-2-30-27(34)24(18-20-8-4-3-5-9-20)31(19-21-12-14-22(29)15-13-21)26(33)16-17-32-28(35)23-10-6-7-11-25(23)38(32,36)37/h3-15,24H,2,16-19H2,1H3,(H,30,34)/t24-/m0/s1. The van der Waals surface area contributed by atoms with Crippen LogP contribution >= 0.6 is 15.9 Å². The predicted octanol–water partition coefficient (Wildman–Crippen LogP) is 3.76. The molecule has 38 heavy (non-hydrogen) atoms. The summed E-state index contributed by atoms with van der Waals surface area (Å²) in [6, 6.07) is 22.0. The summed E-state index contributed by atoms with van der Waals surface area (Å²) in [4.78, 5) is 41.2. The molecule has 0 aromatic heterocycles. The fourth-order valence-corrected chi connectivity index (χ4v) is 6.26. The number of carbonyl (C=O) groups is 3. The van der Waals surface area contributed by atoms with E-state index in [0.717, 1.165) is 19.9 Å². The quantitative estimate of drug-likeness (QED) is 0.383. The molecule has 3 amide bonds. The molecule has 1 heterocycles. The number of likely N-dealkylation sites (N-methyl/N-ethyl adjacent to an activating group) is 1. The van der Waals surface area contributed by atoms with Gasteiger partial charge in [0.25, 0.3) is 15.9 Å². The van der Waals surface area contributed by atoms with E-state index in [1.165, 1.54) is 17.0 Å². The highest BCUT2D eigenvalue weighted by Crippen LogP contribution is 2.30. The molecule has 1 aliphatic rings. The normalized spacial score (nSPS) is 14.6. The van der Waals surface area contributed by atoms with Gasteiger partial charge in [0.05, 0.1) is 5.56 Å². The van der Waals surface area contributed by atoms with Crippen LogP contribution in [0, 0.1) is 0 Å². The van der Waals surface area contributed by atoms with Gasteiger partial charge in [-0.25, -0.2) is 12.7 Å². The molecule has 0 aliphatic carbocycles. The Kier molecular flexibility index (Phi) is 8.63. The van der Waals surface area contributed by atoms with Crippen molar-refractivity contribution in [1.29, 1.82) is 0 Å². The lowest BCUT2D eigenvalue weighted by molar-refractivity contribution is -0.141. The molecule has 10 heteroatoms. The second-order valence-electron chi connectivity index (χ2n) is 8.88. The number of rotatable bonds is 10. The largest absolute Gasteiger partial charge is 0.355 e. The number of benzene rings is 3. The summed E-state index contributed by atoms with van der Waals surface area (Å²) in [5.74, 6) is -1.39. The van der Waals surface area contributed by atoms with Crippen LogP contribution in [0.15, 0.2) is 88.2 Å². The minimum absolute atomic E-state index is 0.0616. The molecule has 198 valence electrons. The van der Waals surface area contributed by atoms with E-state index in [1.54, 1.807) is 19.1 Å². The first kappa shape index (κ1) is 27.5. The first-order valence-electron chi connectivity index (χ1n) is 12.2. The van der Waals surface area contributed by atoms with E-state index in [2.05, 4.69) is 21.2 Å². The Bertz CT molecular complexity index is 1430. The van der Waals surface area contributed by atoms with Gasteiger partial charge in [-0.1, -0.05) is 70.5 Å². The van der Waals surface area contributed by atoms with Crippen molar-refractivity contribution < 1.29 is 22.8 Å². The second-order valence-corrected chi connectivity index (χ2v) is 11.6. The first-order chi connectivity index (χ1) is 18.2. The van der Waals surface area contributed by atoms with Crippen molar-refractivity contribution in [3.8, 4) is 0 Å². The van der Waals surface area contributed by atoms with E-state index < -0.39 is 27.9 Å². The van der Waals surface area contributed by atoms with Crippen LogP contribution < -0.4 is 5.32 Å². The van der Waals surface area contributed by atoms with Crippen molar-refractivity contribution in [1.82, 2.24) is 14.5 Å². The van der Waals surface area contributed by atoms with Gasteiger partial charge in [0, 0.05) is 36.9 Å². The molecule has 3 aromatic rings. The van der Waals surface area contributed by atoms with Gasteiger partial charge in [-0.2, -0.15) is 0 Å². The summed E-state index contributed by atoms with van der Waals surface area (Å²) >= 11 is 3.41. The van der Waals surface area contributed by atoms with E-state index in [4.69, 9.17) is 0 Å². The van der Waals surface area contributed by atoms with Crippen LogP contribution in [0.3, 0.4) is 0 Å². The summed E-state index contributed by atoms with van der Waals surface area (Å²) in [5.41, 5.74) is 1.78. The predicted molar refractivity (Wildman–Crippen MR) is 147 cm³/mol. The molecular weight excluding hydrogens is 570 g/mol. The molecule has 0 spiro atoms. The summed E-state index contributed by atoms with van der Waals surface area (Å²) in [6.45, 7) is 2.02. The fourth-order valence-electron chi connectivity index (χ4n) is 4.43. The molecule has 3 aromatic carbocycles. The monoisotopic (exact) mass is 597 g/mol. The average molecular weight is 599 g/mol. The Balaban J connectivity index is 1.62. The topological polar surface area (TPSA) is 104 Å². The highest BCUT2D eigenvalue weighted by Gasteiger charge is 2.41. The number of amides is 3. The maximum absolute atomic E-state index is 13.7. The minimum atomic E-state index is -4.05. The van der Waals surface area contributed by atoms with Crippen molar-refractivity contribution in [2.75, 3.05) is 13.1 Å². The van der Waals surface area contributed by atoms with E-state index in [9.17, 15) is 22.8 Å². The molecule has 1 aliphatic heterocycles. The van der Waals surface area contributed by atoms with Crippen LogP contribution in [-0.2, 0) is 32.6 Å². The van der Waals surface area contributed by atoms with E-state index in [-0.39, 0.29) is 42.3 Å². The maximum atomic E-state index is 13.7. The van der Waals surface area contributed by atoms with Crippen LogP contribution in [0.1, 0.15) is 34.8 Å². The Hall–Kier alpha value is -3.50. The molecule has 8 nitrogen and oxygen atoms in total. The van der Waals surface area contributed by atoms with Gasteiger partial charge in [-0.3, -0.25) is 14.4 Å².